The fourth-order valence-corrected chi connectivity index (χ4v) is 1.57. The van der Waals surface area contributed by atoms with Crippen LogP contribution in [0, 0.1) is 5.82 Å². The van der Waals surface area contributed by atoms with Crippen molar-refractivity contribution in [3.05, 3.63) is 29.0 Å². The molecule has 0 heterocycles. The van der Waals surface area contributed by atoms with E-state index >= 15 is 0 Å². The van der Waals surface area contributed by atoms with Crippen molar-refractivity contribution in [1.29, 1.82) is 0 Å². The Kier molecular flexibility index (Phi) is 2.40. The normalized spacial score (nSPS) is 16.8. The van der Waals surface area contributed by atoms with Gasteiger partial charge in [-0.05, 0) is 31.4 Å². The molecule has 1 fully saturated rings. The van der Waals surface area contributed by atoms with Gasteiger partial charge in [0, 0.05) is 6.04 Å². The van der Waals surface area contributed by atoms with Crippen molar-refractivity contribution in [3.8, 4) is 0 Å². The second kappa shape index (κ2) is 3.54. The predicted molar refractivity (Wildman–Crippen MR) is 52.7 cm³/mol. The summed E-state index contributed by atoms with van der Waals surface area (Å²) < 4.78 is 13.0. The lowest BCUT2D eigenvalue weighted by molar-refractivity contribution is 0.445. The van der Waals surface area contributed by atoms with Crippen LogP contribution in [0.15, 0.2) is 18.2 Å². The highest BCUT2D eigenvalue weighted by atomic mass is 35.5. The van der Waals surface area contributed by atoms with Gasteiger partial charge in [-0.2, -0.15) is 0 Å². The standard InChI is InChI=1S/C10H11ClFN/c11-10-8(12)5-2-6-9(10)13-7-3-1-4-7/h2,5-7,13H,1,3-4H2. The van der Waals surface area contributed by atoms with E-state index in [-0.39, 0.29) is 10.8 Å². The molecular weight excluding hydrogens is 189 g/mol. The first-order valence-corrected chi connectivity index (χ1v) is 4.86. The molecule has 0 radical (unpaired) electrons. The van der Waals surface area contributed by atoms with Crippen molar-refractivity contribution in [3.63, 3.8) is 0 Å². The number of hydrogen-bond donors (Lipinski definition) is 1. The lowest BCUT2D eigenvalue weighted by Crippen LogP contribution is -2.27. The molecule has 1 aromatic carbocycles. The molecule has 13 heavy (non-hydrogen) atoms. The molecular formula is C10H11ClFN. The molecule has 0 atom stereocenters. The first-order chi connectivity index (χ1) is 6.27. The van der Waals surface area contributed by atoms with Crippen molar-refractivity contribution >= 4 is 17.3 Å². The number of anilines is 1. The van der Waals surface area contributed by atoms with E-state index in [1.807, 2.05) is 6.07 Å². The molecule has 0 spiro atoms. The summed E-state index contributed by atoms with van der Waals surface area (Å²) in [5, 5.41) is 3.42. The van der Waals surface area contributed by atoms with Gasteiger partial charge in [0.1, 0.15) is 5.82 Å². The molecule has 1 saturated carbocycles. The van der Waals surface area contributed by atoms with Gasteiger partial charge in [0.2, 0.25) is 0 Å². The Bertz CT molecular complexity index is 310. The summed E-state index contributed by atoms with van der Waals surface area (Å²) in [6, 6.07) is 5.33. The van der Waals surface area contributed by atoms with Gasteiger partial charge in [-0.3, -0.25) is 0 Å². The van der Waals surface area contributed by atoms with E-state index in [1.54, 1.807) is 6.07 Å². The average Bonchev–Trinajstić information content (AvgIpc) is 2.04. The van der Waals surface area contributed by atoms with E-state index in [9.17, 15) is 4.39 Å². The van der Waals surface area contributed by atoms with Crippen LogP contribution in [0.2, 0.25) is 5.02 Å². The zero-order valence-electron chi connectivity index (χ0n) is 7.19. The highest BCUT2D eigenvalue weighted by molar-refractivity contribution is 6.33. The molecule has 0 saturated heterocycles. The van der Waals surface area contributed by atoms with Crippen molar-refractivity contribution in [2.75, 3.05) is 5.32 Å². The van der Waals surface area contributed by atoms with Gasteiger partial charge in [-0.1, -0.05) is 17.7 Å². The minimum atomic E-state index is -0.356. The molecule has 1 aromatic rings. The second-order valence-corrected chi connectivity index (χ2v) is 3.75. The monoisotopic (exact) mass is 199 g/mol. The Balaban J connectivity index is 2.14. The quantitative estimate of drug-likeness (QED) is 0.770. The summed E-state index contributed by atoms with van der Waals surface area (Å²) in [7, 11) is 0. The molecule has 1 aliphatic rings. The molecule has 1 N–H and O–H groups in total. The van der Waals surface area contributed by atoms with Gasteiger partial charge >= 0.3 is 0 Å². The Hall–Kier alpha value is -0.760. The van der Waals surface area contributed by atoms with Crippen molar-refractivity contribution in [1.82, 2.24) is 0 Å². The summed E-state index contributed by atoms with van der Waals surface area (Å²) in [4.78, 5) is 0. The maximum absolute atomic E-state index is 13.0. The summed E-state index contributed by atoms with van der Waals surface area (Å²) >= 11 is 5.78. The van der Waals surface area contributed by atoms with Crippen LogP contribution < -0.4 is 5.32 Å². The van der Waals surface area contributed by atoms with Crippen molar-refractivity contribution in [2.24, 2.45) is 0 Å². The van der Waals surface area contributed by atoms with Crippen LogP contribution in [0.1, 0.15) is 19.3 Å². The average molecular weight is 200 g/mol. The van der Waals surface area contributed by atoms with Crippen LogP contribution in [0.3, 0.4) is 0 Å². The molecule has 1 aliphatic carbocycles. The van der Waals surface area contributed by atoms with E-state index < -0.39 is 0 Å². The SMILES string of the molecule is Fc1cccc(NC2CCC2)c1Cl. The van der Waals surface area contributed by atoms with Gasteiger partial charge in [-0.25, -0.2) is 4.39 Å². The third-order valence-electron chi connectivity index (χ3n) is 2.42. The Morgan fingerprint density at radius 3 is 2.77 bits per heavy atom. The first kappa shape index (κ1) is 8.82. The van der Waals surface area contributed by atoms with Crippen LogP contribution in [-0.4, -0.2) is 6.04 Å². The predicted octanol–water partition coefficient (Wildman–Crippen LogP) is 3.44. The van der Waals surface area contributed by atoms with E-state index in [0.717, 1.165) is 12.8 Å². The second-order valence-electron chi connectivity index (χ2n) is 3.37. The molecule has 1 nitrogen and oxygen atoms in total. The van der Waals surface area contributed by atoms with Crippen LogP contribution in [-0.2, 0) is 0 Å². The number of hydrogen-bond acceptors (Lipinski definition) is 1. The maximum atomic E-state index is 13.0. The van der Waals surface area contributed by atoms with Gasteiger partial charge in [0.15, 0.2) is 0 Å². The van der Waals surface area contributed by atoms with E-state index in [1.165, 1.54) is 12.5 Å². The van der Waals surface area contributed by atoms with Gasteiger partial charge in [-0.15, -0.1) is 0 Å². The highest BCUT2D eigenvalue weighted by Gasteiger charge is 2.18. The number of halogens is 2. The molecule has 0 amide bonds. The molecule has 70 valence electrons. The maximum Gasteiger partial charge on any atom is 0.143 e. The van der Waals surface area contributed by atoms with Crippen LogP contribution in [0.25, 0.3) is 0 Å². The minimum absolute atomic E-state index is 0.203. The van der Waals surface area contributed by atoms with E-state index in [2.05, 4.69) is 5.32 Å². The molecule has 2 rings (SSSR count). The number of rotatable bonds is 2. The Morgan fingerprint density at radius 2 is 2.15 bits per heavy atom. The van der Waals surface area contributed by atoms with Gasteiger partial charge in [0.25, 0.3) is 0 Å². The Labute approximate surface area is 81.9 Å². The fraction of sp³-hybridized carbons (Fsp3) is 0.400. The van der Waals surface area contributed by atoms with Gasteiger partial charge in [0.05, 0.1) is 10.7 Å². The number of benzene rings is 1. The molecule has 0 unspecified atom stereocenters. The van der Waals surface area contributed by atoms with Crippen LogP contribution in [0.4, 0.5) is 10.1 Å². The smallest absolute Gasteiger partial charge is 0.143 e. The van der Waals surface area contributed by atoms with Crippen LogP contribution >= 0.6 is 11.6 Å². The summed E-state index contributed by atoms with van der Waals surface area (Å²) in [6.07, 6.45) is 3.57. The Morgan fingerprint density at radius 1 is 1.38 bits per heavy atom. The third-order valence-corrected chi connectivity index (χ3v) is 2.80. The lowest BCUT2D eigenvalue weighted by atomic mass is 9.93. The molecule has 0 aliphatic heterocycles. The summed E-state index contributed by atoms with van der Waals surface area (Å²) in [5.41, 5.74) is 0.714. The molecule has 3 heteroatoms. The number of nitrogens with one attached hydrogen (secondary N) is 1. The summed E-state index contributed by atoms with van der Waals surface area (Å²) in [5.74, 6) is -0.356. The molecule has 0 bridgehead atoms. The lowest BCUT2D eigenvalue weighted by Gasteiger charge is -2.27. The molecule has 0 aromatic heterocycles. The van der Waals surface area contributed by atoms with Gasteiger partial charge < -0.3 is 5.32 Å². The van der Waals surface area contributed by atoms with E-state index in [0.29, 0.717) is 11.7 Å². The topological polar surface area (TPSA) is 12.0 Å². The third kappa shape index (κ3) is 1.78. The van der Waals surface area contributed by atoms with Crippen LogP contribution in [0.5, 0.6) is 0 Å². The highest BCUT2D eigenvalue weighted by Crippen LogP contribution is 2.29. The zero-order chi connectivity index (χ0) is 9.26. The first-order valence-electron chi connectivity index (χ1n) is 4.48. The van der Waals surface area contributed by atoms with Crippen molar-refractivity contribution in [2.45, 2.75) is 25.3 Å². The summed E-state index contributed by atoms with van der Waals surface area (Å²) in [6.45, 7) is 0. The van der Waals surface area contributed by atoms with Crippen molar-refractivity contribution < 1.29 is 4.39 Å². The van der Waals surface area contributed by atoms with E-state index in [4.69, 9.17) is 11.6 Å². The fourth-order valence-electron chi connectivity index (χ4n) is 1.39. The largest absolute Gasteiger partial charge is 0.381 e. The minimum Gasteiger partial charge on any atom is -0.381 e. The zero-order valence-corrected chi connectivity index (χ0v) is 7.94.